The van der Waals surface area contributed by atoms with Crippen molar-refractivity contribution < 1.29 is 38.4 Å². The van der Waals surface area contributed by atoms with Gasteiger partial charge in [0.05, 0.1) is 52.4 Å². The normalized spacial score (nSPS) is 12.7. The van der Waals surface area contributed by atoms with Crippen molar-refractivity contribution >= 4 is 0 Å². The topological polar surface area (TPSA) is 0 Å². The van der Waals surface area contributed by atoms with Gasteiger partial charge in [-0.2, -0.15) is 0 Å². The number of hydrogen-bond donors (Lipinski definition) is 0. The molecule has 2 unspecified atom stereocenters. The van der Waals surface area contributed by atoms with Crippen molar-refractivity contribution in [3.05, 3.63) is 0 Å². The van der Waals surface area contributed by atoms with Crippen LogP contribution in [-0.4, -0.2) is 61.3 Å². The molecule has 110 heavy (non-hydrogen) atoms. The minimum Gasteiger partial charge on any atom is -1.00 e. The van der Waals surface area contributed by atoms with Gasteiger partial charge in [0, 0.05) is 0 Å². The molecule has 0 aliphatic carbocycles. The minimum atomic E-state index is 0. The highest BCUT2D eigenvalue weighted by molar-refractivity contribution is 4.82. The van der Waals surface area contributed by atoms with Crippen LogP contribution in [0.3, 0.4) is 0 Å². The molecule has 0 amide bonds. The molecule has 0 spiro atoms. The summed E-state index contributed by atoms with van der Waals surface area (Å²) in [5, 5.41) is 0. The summed E-state index contributed by atoms with van der Waals surface area (Å²) < 4.78 is 2.79. The zero-order valence-electron chi connectivity index (χ0n) is 80.0. The molecule has 0 radical (unpaired) electrons. The van der Waals surface area contributed by atoms with Gasteiger partial charge in [-0.25, -0.2) is 0 Å². The average Bonchev–Trinajstić information content (AvgIpc) is 0.837. The van der Waals surface area contributed by atoms with Gasteiger partial charge in [0.15, 0.2) is 0 Å². The molecule has 0 saturated heterocycles. The maximum absolute atomic E-state index is 2.73. The van der Waals surface area contributed by atoms with Crippen LogP contribution >= 0.6 is 0 Å². The first kappa shape index (κ1) is 117. The van der Waals surface area contributed by atoms with Gasteiger partial charge in [0.1, 0.15) is 0 Å². The van der Waals surface area contributed by atoms with Gasteiger partial charge in [-0.05, 0) is 165 Å². The van der Waals surface area contributed by atoms with Crippen molar-refractivity contribution in [2.24, 2.45) is 10.8 Å². The molecule has 0 aliphatic rings. The Morgan fingerprint density at radius 1 is 0.155 bits per heavy atom. The van der Waals surface area contributed by atoms with E-state index in [4.69, 9.17) is 0 Å². The number of nitrogens with zero attached hydrogens (tertiary/aromatic N) is 2. The van der Waals surface area contributed by atoms with Crippen LogP contribution in [0.1, 0.15) is 622 Å². The standard InChI is InChI=1S/2C53H110N.BrH.ClH/c2*1-8-14-20-23-26-27-28-29-30-31-32-33-34-39-44-52(54(7,50-42-37-24-21-15-9-2)51-43-38-25-22-16-10-3)45-40-35-36-41-49-53(46-17-11-4,47-18-12-5)48-19-13-6;;/h2*52H,8-51H2,1-7H3;2*1H/q2*+1;;/p-2. The van der Waals surface area contributed by atoms with Gasteiger partial charge >= 0.3 is 0 Å². The third-order valence-electron chi connectivity index (χ3n) is 28.0. The molecule has 0 rings (SSSR count). The van der Waals surface area contributed by atoms with Crippen molar-refractivity contribution in [1.29, 1.82) is 0 Å². The monoisotopic (exact) mass is 1640 g/mol. The lowest BCUT2D eigenvalue weighted by Gasteiger charge is -2.43. The van der Waals surface area contributed by atoms with Gasteiger partial charge in [-0.1, -0.05) is 468 Å². The zero-order valence-corrected chi connectivity index (χ0v) is 82.4. The Bertz CT molecular complexity index is 1450. The molecular formula is C106H220BrClN2. The van der Waals surface area contributed by atoms with Gasteiger partial charge in [-0.15, -0.1) is 0 Å². The Balaban J connectivity index is -0.00000100. The summed E-state index contributed by atoms with van der Waals surface area (Å²) in [4.78, 5) is 0. The minimum absolute atomic E-state index is 0. The van der Waals surface area contributed by atoms with E-state index in [0.29, 0.717) is 10.8 Å². The van der Waals surface area contributed by atoms with Crippen LogP contribution in [0.15, 0.2) is 0 Å². The largest absolute Gasteiger partial charge is 1.00 e. The first-order chi connectivity index (χ1) is 52.9. The van der Waals surface area contributed by atoms with E-state index >= 15 is 0 Å². The van der Waals surface area contributed by atoms with Gasteiger partial charge < -0.3 is 38.4 Å². The molecule has 0 aromatic carbocycles. The fourth-order valence-corrected chi connectivity index (χ4v) is 19.9. The molecule has 4 heteroatoms. The quantitative estimate of drug-likeness (QED) is 0.0421. The maximum Gasteiger partial charge on any atom is 0.0888 e. The summed E-state index contributed by atoms with van der Waals surface area (Å²) in [6.45, 7) is 34.3. The van der Waals surface area contributed by atoms with E-state index in [0.717, 1.165) is 12.1 Å². The second-order valence-electron chi connectivity index (χ2n) is 38.5. The van der Waals surface area contributed by atoms with E-state index in [9.17, 15) is 0 Å². The Morgan fingerprint density at radius 3 is 0.427 bits per heavy atom. The lowest BCUT2D eigenvalue weighted by atomic mass is 9.71. The summed E-state index contributed by atoms with van der Waals surface area (Å²) in [7, 11) is 5.46. The Hall–Kier alpha value is 0.690. The molecular weight excluding hydrogens is 1420 g/mol. The number of unbranched alkanes of at least 4 members (excludes halogenated alkanes) is 58. The lowest BCUT2D eigenvalue weighted by molar-refractivity contribution is -0.934. The molecule has 0 fully saturated rings. The van der Waals surface area contributed by atoms with E-state index in [-0.39, 0.29) is 29.4 Å². The summed E-state index contributed by atoms with van der Waals surface area (Å²) in [5.74, 6) is 0. The molecule has 2 nitrogen and oxygen atoms in total. The Labute approximate surface area is 719 Å². The van der Waals surface area contributed by atoms with Crippen molar-refractivity contribution in [2.45, 2.75) is 635 Å². The second kappa shape index (κ2) is 92.0. The van der Waals surface area contributed by atoms with Crippen LogP contribution in [0.25, 0.3) is 0 Å². The summed E-state index contributed by atoms with van der Waals surface area (Å²) in [5.41, 5.74) is 1.31. The van der Waals surface area contributed by atoms with Gasteiger partial charge in [0.25, 0.3) is 0 Å². The highest BCUT2D eigenvalue weighted by Gasteiger charge is 2.34. The van der Waals surface area contributed by atoms with E-state index in [2.05, 4.69) is 97.2 Å². The number of rotatable bonds is 92. The summed E-state index contributed by atoms with van der Waals surface area (Å²) in [6.07, 6.45) is 123. The molecule has 0 saturated carbocycles. The average molecular weight is 1640 g/mol. The van der Waals surface area contributed by atoms with Gasteiger partial charge in [-0.3, -0.25) is 0 Å². The van der Waals surface area contributed by atoms with Gasteiger partial charge in [0.2, 0.25) is 0 Å². The highest BCUT2D eigenvalue weighted by atomic mass is 79.9. The van der Waals surface area contributed by atoms with Crippen molar-refractivity contribution in [1.82, 2.24) is 0 Å². The molecule has 0 aliphatic heterocycles. The van der Waals surface area contributed by atoms with Crippen LogP contribution in [0, 0.1) is 10.8 Å². The Morgan fingerprint density at radius 2 is 0.273 bits per heavy atom. The van der Waals surface area contributed by atoms with E-state index in [1.165, 1.54) is 574 Å². The maximum atomic E-state index is 2.73. The smallest absolute Gasteiger partial charge is 0.0888 e. The third kappa shape index (κ3) is 73.8. The van der Waals surface area contributed by atoms with Crippen molar-refractivity contribution in [2.75, 3.05) is 40.3 Å². The zero-order chi connectivity index (χ0) is 79.4. The Kier molecular flexibility index (Phi) is 97.8. The molecule has 0 heterocycles. The fraction of sp³-hybridized carbons (Fsp3) is 1.00. The van der Waals surface area contributed by atoms with E-state index in [1.54, 1.807) is 0 Å². The van der Waals surface area contributed by atoms with Crippen LogP contribution in [0.2, 0.25) is 0 Å². The van der Waals surface area contributed by atoms with Crippen molar-refractivity contribution in [3.63, 3.8) is 0 Å². The molecule has 0 aromatic rings. The van der Waals surface area contributed by atoms with Crippen LogP contribution in [0.5, 0.6) is 0 Å². The lowest BCUT2D eigenvalue weighted by Crippen LogP contribution is -3.00. The second-order valence-corrected chi connectivity index (χ2v) is 38.5. The molecule has 2 atom stereocenters. The van der Waals surface area contributed by atoms with Crippen LogP contribution in [0.4, 0.5) is 0 Å². The predicted molar refractivity (Wildman–Crippen MR) is 500 cm³/mol. The van der Waals surface area contributed by atoms with Crippen molar-refractivity contribution in [3.8, 4) is 0 Å². The molecule has 668 valence electrons. The molecule has 0 N–H and O–H groups in total. The third-order valence-corrected chi connectivity index (χ3v) is 28.0. The van der Waals surface area contributed by atoms with E-state index in [1.807, 2.05) is 0 Å². The van der Waals surface area contributed by atoms with Crippen LogP contribution < -0.4 is 29.4 Å². The first-order valence-corrected chi connectivity index (χ1v) is 52.6. The molecule has 0 bridgehead atoms. The number of quaternary nitrogens is 2. The summed E-state index contributed by atoms with van der Waals surface area (Å²) >= 11 is 0. The summed E-state index contributed by atoms with van der Waals surface area (Å²) in [6, 6.07) is 1.79. The first-order valence-electron chi connectivity index (χ1n) is 52.6. The van der Waals surface area contributed by atoms with Crippen LogP contribution in [-0.2, 0) is 0 Å². The number of hydrogen-bond acceptors (Lipinski definition) is 0. The molecule has 0 aromatic heterocycles. The SMILES string of the molecule is CCCCCCCCCCCCCCCCC(CCCCCCC(CCCC)(CCCC)CCCC)[N+](C)(CCCCCCCC)CCCCCCCC.CCCCCCCCCCCCCCCCC(CCCCCCC(CCCC)(CCCC)CCCC)[N+](C)(CCCCCCCC)CCCCCCCC.[Br-].[Cl-]. The number of halogens is 2. The predicted octanol–water partition coefficient (Wildman–Crippen LogP) is 32.6. The van der Waals surface area contributed by atoms with E-state index < -0.39 is 0 Å². The fourth-order valence-electron chi connectivity index (χ4n) is 19.9. The highest BCUT2D eigenvalue weighted by Crippen LogP contribution is 2.43.